The number of nitrogens with one attached hydrogen (secondary N) is 1. The largest absolute Gasteiger partial charge is 0.378 e. The summed E-state index contributed by atoms with van der Waals surface area (Å²) in [6.45, 7) is 5.43. The van der Waals surface area contributed by atoms with Crippen molar-refractivity contribution in [3.63, 3.8) is 0 Å². The zero-order chi connectivity index (χ0) is 19.8. The topological polar surface area (TPSA) is 76.5 Å². The van der Waals surface area contributed by atoms with E-state index < -0.39 is 0 Å². The fourth-order valence-electron chi connectivity index (χ4n) is 3.48. The number of aryl methyl sites for hydroxylation is 1. The number of carbonyl (C=O) groups is 2. The molecule has 1 N–H and O–H groups in total. The predicted molar refractivity (Wildman–Crippen MR) is 108 cm³/mol. The predicted octanol–water partition coefficient (Wildman–Crippen LogP) is 2.13. The number of aromatic nitrogens is 2. The van der Waals surface area contributed by atoms with Crippen molar-refractivity contribution in [1.82, 2.24) is 19.8 Å². The number of rotatable bonds is 9. The Kier molecular flexibility index (Phi) is 7.42. The first-order valence-electron chi connectivity index (χ1n) is 10.3. The van der Waals surface area contributed by atoms with Crippen molar-refractivity contribution in [2.75, 3.05) is 32.8 Å². The minimum atomic E-state index is 0.100. The Balaban J connectivity index is 1.60. The molecule has 1 saturated heterocycles. The molecule has 1 aliphatic rings. The Morgan fingerprint density at radius 1 is 1.14 bits per heavy atom. The van der Waals surface area contributed by atoms with Gasteiger partial charge in [-0.3, -0.25) is 9.59 Å². The van der Waals surface area contributed by atoms with Crippen LogP contribution in [0.3, 0.4) is 0 Å². The number of morpholine rings is 1. The van der Waals surface area contributed by atoms with E-state index in [4.69, 9.17) is 9.72 Å². The molecule has 28 heavy (non-hydrogen) atoms. The number of hydrogen-bond acceptors (Lipinski definition) is 4. The second-order valence-corrected chi connectivity index (χ2v) is 7.11. The van der Waals surface area contributed by atoms with Crippen LogP contribution >= 0.6 is 0 Å². The van der Waals surface area contributed by atoms with E-state index in [0.717, 1.165) is 49.1 Å². The highest BCUT2D eigenvalue weighted by Crippen LogP contribution is 2.18. The molecule has 0 unspecified atom stereocenters. The molecule has 0 atom stereocenters. The van der Waals surface area contributed by atoms with Crippen LogP contribution in [0.5, 0.6) is 0 Å². The van der Waals surface area contributed by atoms with Crippen molar-refractivity contribution in [3.8, 4) is 0 Å². The number of unbranched alkanes of at least 4 members (excludes halogenated alkanes) is 2. The first-order chi connectivity index (χ1) is 13.7. The fourth-order valence-corrected chi connectivity index (χ4v) is 3.48. The number of benzene rings is 1. The summed E-state index contributed by atoms with van der Waals surface area (Å²) in [7, 11) is 0. The zero-order valence-electron chi connectivity index (χ0n) is 16.7. The number of imidazole rings is 1. The van der Waals surface area contributed by atoms with Crippen molar-refractivity contribution in [1.29, 1.82) is 0 Å². The summed E-state index contributed by atoms with van der Waals surface area (Å²) in [4.78, 5) is 30.7. The van der Waals surface area contributed by atoms with Gasteiger partial charge < -0.3 is 19.5 Å². The summed E-state index contributed by atoms with van der Waals surface area (Å²) >= 11 is 0. The van der Waals surface area contributed by atoms with Crippen LogP contribution in [0.25, 0.3) is 11.0 Å². The lowest BCUT2D eigenvalue weighted by atomic mass is 10.2. The third-order valence-electron chi connectivity index (χ3n) is 5.11. The van der Waals surface area contributed by atoms with Gasteiger partial charge in [0.15, 0.2) is 0 Å². The van der Waals surface area contributed by atoms with E-state index in [9.17, 15) is 9.59 Å². The number of carbonyl (C=O) groups excluding carboxylic acids is 2. The molecule has 2 aromatic rings. The monoisotopic (exact) mass is 386 g/mol. The number of ether oxygens (including phenoxy) is 1. The molecule has 7 heteroatoms. The third kappa shape index (κ3) is 5.32. The highest BCUT2D eigenvalue weighted by Gasteiger charge is 2.20. The van der Waals surface area contributed by atoms with Gasteiger partial charge >= 0.3 is 0 Å². The molecule has 0 spiro atoms. The van der Waals surface area contributed by atoms with Crippen LogP contribution in [0, 0.1) is 0 Å². The number of fused-ring (bicyclic) bond motifs is 1. The van der Waals surface area contributed by atoms with Gasteiger partial charge in [0, 0.05) is 32.5 Å². The second-order valence-electron chi connectivity index (χ2n) is 7.11. The van der Waals surface area contributed by atoms with E-state index in [1.54, 1.807) is 0 Å². The third-order valence-corrected chi connectivity index (χ3v) is 5.11. The van der Waals surface area contributed by atoms with Crippen molar-refractivity contribution in [2.45, 2.75) is 45.6 Å². The summed E-state index contributed by atoms with van der Waals surface area (Å²) in [5.74, 6) is 1.18. The van der Waals surface area contributed by atoms with Crippen LogP contribution in [-0.4, -0.2) is 59.1 Å². The molecule has 0 saturated carbocycles. The van der Waals surface area contributed by atoms with Crippen LogP contribution in [0.2, 0.25) is 0 Å². The maximum absolute atomic E-state index is 12.8. The highest BCUT2D eigenvalue weighted by atomic mass is 16.5. The van der Waals surface area contributed by atoms with Gasteiger partial charge in [-0.05, 0) is 25.0 Å². The SMILES string of the molecule is CCC(=O)NCCCCCc1nc2ccccc2n1CC(=O)N1CCOCC1. The molecule has 0 aliphatic carbocycles. The zero-order valence-corrected chi connectivity index (χ0v) is 16.7. The Morgan fingerprint density at radius 2 is 1.93 bits per heavy atom. The van der Waals surface area contributed by atoms with E-state index in [-0.39, 0.29) is 11.8 Å². The van der Waals surface area contributed by atoms with Crippen LogP contribution in [0.1, 0.15) is 38.4 Å². The maximum Gasteiger partial charge on any atom is 0.242 e. The molecule has 0 radical (unpaired) electrons. The lowest BCUT2D eigenvalue weighted by Crippen LogP contribution is -2.42. The second kappa shape index (κ2) is 10.2. The van der Waals surface area contributed by atoms with Gasteiger partial charge in [0.25, 0.3) is 0 Å². The molecule has 7 nitrogen and oxygen atoms in total. The summed E-state index contributed by atoms with van der Waals surface area (Å²) < 4.78 is 7.41. The highest BCUT2D eigenvalue weighted by molar-refractivity contribution is 5.81. The van der Waals surface area contributed by atoms with E-state index >= 15 is 0 Å². The van der Waals surface area contributed by atoms with Crippen molar-refractivity contribution in [2.24, 2.45) is 0 Å². The lowest BCUT2D eigenvalue weighted by molar-refractivity contribution is -0.135. The van der Waals surface area contributed by atoms with Crippen LogP contribution in [-0.2, 0) is 27.3 Å². The summed E-state index contributed by atoms with van der Waals surface area (Å²) in [6.07, 6.45) is 4.31. The number of hydrogen-bond donors (Lipinski definition) is 1. The standard InChI is InChI=1S/C21H30N4O3/c1-2-20(26)22-11-7-3-4-10-19-23-17-8-5-6-9-18(17)25(19)16-21(27)24-12-14-28-15-13-24/h5-6,8-9H,2-4,7,10-16H2,1H3,(H,22,26). The number of amides is 2. The molecule has 1 aromatic carbocycles. The molecular weight excluding hydrogens is 356 g/mol. The molecule has 1 aromatic heterocycles. The van der Waals surface area contributed by atoms with Gasteiger partial charge in [-0.1, -0.05) is 25.5 Å². The molecule has 1 fully saturated rings. The van der Waals surface area contributed by atoms with Gasteiger partial charge in [0.2, 0.25) is 11.8 Å². The van der Waals surface area contributed by atoms with Crippen molar-refractivity contribution < 1.29 is 14.3 Å². The van der Waals surface area contributed by atoms with Crippen LogP contribution in [0.4, 0.5) is 0 Å². The summed E-state index contributed by atoms with van der Waals surface area (Å²) in [6, 6.07) is 7.98. The Bertz CT molecular complexity index is 796. The smallest absolute Gasteiger partial charge is 0.242 e. The van der Waals surface area contributed by atoms with Gasteiger partial charge in [-0.15, -0.1) is 0 Å². The first-order valence-corrected chi connectivity index (χ1v) is 10.3. The average Bonchev–Trinajstić information content (AvgIpc) is 3.08. The van der Waals surface area contributed by atoms with Crippen molar-refractivity contribution >= 4 is 22.8 Å². The summed E-state index contributed by atoms with van der Waals surface area (Å²) in [5, 5.41) is 2.91. The molecule has 3 rings (SSSR count). The number of para-hydroxylation sites is 2. The molecule has 1 aliphatic heterocycles. The van der Waals surface area contributed by atoms with Crippen LogP contribution in [0.15, 0.2) is 24.3 Å². The first kappa shape index (κ1) is 20.3. The fraction of sp³-hybridized carbons (Fsp3) is 0.571. The lowest BCUT2D eigenvalue weighted by Gasteiger charge is -2.27. The average molecular weight is 386 g/mol. The Morgan fingerprint density at radius 3 is 2.71 bits per heavy atom. The van der Waals surface area contributed by atoms with Gasteiger partial charge in [0.05, 0.1) is 24.2 Å². The Labute approximate surface area is 166 Å². The van der Waals surface area contributed by atoms with E-state index in [0.29, 0.717) is 39.3 Å². The maximum atomic E-state index is 12.8. The molecule has 2 amide bonds. The van der Waals surface area contributed by atoms with Gasteiger partial charge in [-0.25, -0.2) is 4.98 Å². The van der Waals surface area contributed by atoms with Crippen molar-refractivity contribution in [3.05, 3.63) is 30.1 Å². The minimum Gasteiger partial charge on any atom is -0.378 e. The molecular formula is C21H30N4O3. The van der Waals surface area contributed by atoms with E-state index in [2.05, 4.69) is 9.88 Å². The number of nitrogens with zero attached hydrogens (tertiary/aromatic N) is 3. The van der Waals surface area contributed by atoms with E-state index in [1.165, 1.54) is 0 Å². The van der Waals surface area contributed by atoms with Crippen LogP contribution < -0.4 is 5.32 Å². The molecule has 152 valence electrons. The minimum absolute atomic E-state index is 0.100. The normalized spacial score (nSPS) is 14.4. The van der Waals surface area contributed by atoms with E-state index in [1.807, 2.05) is 36.1 Å². The van der Waals surface area contributed by atoms with Gasteiger partial charge in [-0.2, -0.15) is 0 Å². The van der Waals surface area contributed by atoms with Gasteiger partial charge in [0.1, 0.15) is 12.4 Å². The molecule has 0 bridgehead atoms. The quantitative estimate of drug-likeness (QED) is 0.670. The Hall–Kier alpha value is -2.41. The summed E-state index contributed by atoms with van der Waals surface area (Å²) in [5.41, 5.74) is 1.94. The molecule has 2 heterocycles.